The summed E-state index contributed by atoms with van der Waals surface area (Å²) in [7, 11) is 0. The number of carbonyl (C=O) groups excluding carboxylic acids is 2. The number of hydrogen-bond acceptors (Lipinski definition) is 3. The SMILES string of the molecule is C1CCCC1.NC(=O)c1cc2cc(Cl)ccc2[nH]1.NC(=O)c1ccc(-n2ccccc2=O)cc1. The van der Waals surface area contributed by atoms with Crippen molar-refractivity contribution < 1.29 is 9.59 Å². The van der Waals surface area contributed by atoms with Crippen LogP contribution >= 0.6 is 11.6 Å². The third-order valence-corrected chi connectivity index (χ3v) is 5.59. The summed E-state index contributed by atoms with van der Waals surface area (Å²) in [6.45, 7) is 0. The molecule has 1 saturated carbocycles. The Bertz CT molecular complexity index is 1310. The van der Waals surface area contributed by atoms with Gasteiger partial charge in [0, 0.05) is 39.4 Å². The van der Waals surface area contributed by atoms with E-state index in [2.05, 4.69) is 4.98 Å². The summed E-state index contributed by atoms with van der Waals surface area (Å²) in [4.78, 5) is 36.1. The van der Waals surface area contributed by atoms with Crippen molar-refractivity contribution in [2.75, 3.05) is 0 Å². The Hall–Kier alpha value is -3.84. The molecule has 1 fully saturated rings. The van der Waals surface area contributed by atoms with E-state index in [-0.39, 0.29) is 5.56 Å². The minimum absolute atomic E-state index is 0.116. The van der Waals surface area contributed by atoms with Gasteiger partial charge in [-0.3, -0.25) is 19.0 Å². The van der Waals surface area contributed by atoms with E-state index in [0.29, 0.717) is 22.0 Å². The molecular weight excluding hydrogens is 452 g/mol. The third kappa shape index (κ3) is 6.83. The van der Waals surface area contributed by atoms with Crippen molar-refractivity contribution in [2.45, 2.75) is 32.1 Å². The van der Waals surface area contributed by atoms with Gasteiger partial charge in [-0.1, -0.05) is 49.8 Å². The number of primary amides is 2. The molecule has 0 radical (unpaired) electrons. The summed E-state index contributed by atoms with van der Waals surface area (Å²) in [5.74, 6) is -0.945. The first-order chi connectivity index (χ1) is 16.3. The molecule has 0 unspecified atom stereocenters. The molecule has 2 amide bonds. The predicted molar refractivity (Wildman–Crippen MR) is 135 cm³/mol. The lowest BCUT2D eigenvalue weighted by Crippen LogP contribution is -2.16. The molecule has 1 aliphatic carbocycles. The molecule has 2 aromatic heterocycles. The molecule has 0 spiro atoms. The minimum Gasteiger partial charge on any atom is -0.366 e. The first-order valence-corrected chi connectivity index (χ1v) is 11.4. The highest BCUT2D eigenvalue weighted by molar-refractivity contribution is 6.31. The van der Waals surface area contributed by atoms with Crippen LogP contribution in [0.3, 0.4) is 0 Å². The molecule has 34 heavy (non-hydrogen) atoms. The zero-order valence-corrected chi connectivity index (χ0v) is 19.4. The van der Waals surface area contributed by atoms with E-state index in [1.807, 2.05) is 6.07 Å². The fraction of sp³-hybridized carbons (Fsp3) is 0.192. The van der Waals surface area contributed by atoms with Gasteiger partial charge in [0.05, 0.1) is 0 Å². The highest BCUT2D eigenvalue weighted by atomic mass is 35.5. The van der Waals surface area contributed by atoms with Crippen LogP contribution in [-0.4, -0.2) is 21.4 Å². The molecule has 0 saturated heterocycles. The number of fused-ring (bicyclic) bond motifs is 1. The van der Waals surface area contributed by atoms with Gasteiger partial charge in [0.25, 0.3) is 11.5 Å². The zero-order chi connectivity index (χ0) is 24.5. The monoisotopic (exact) mass is 478 g/mol. The Morgan fingerprint density at radius 1 is 0.824 bits per heavy atom. The number of nitrogens with zero attached hydrogens (tertiary/aromatic N) is 1. The maximum absolute atomic E-state index is 11.5. The maximum atomic E-state index is 11.5. The van der Waals surface area contributed by atoms with E-state index < -0.39 is 11.8 Å². The fourth-order valence-corrected chi connectivity index (χ4v) is 3.73. The van der Waals surface area contributed by atoms with Gasteiger partial charge in [-0.05, 0) is 54.6 Å². The number of nitrogens with two attached hydrogens (primary N) is 2. The standard InChI is InChI=1S/C12H10N2O2.C9H7ClN2O.C5H10/c13-12(16)9-4-6-10(7-5-9)14-8-2-1-3-11(14)15;10-6-1-2-7-5(3-6)4-8(12-7)9(11)13;1-2-4-5-3-1/h1-8H,(H2,13,16);1-4,12H,(H2,11,13);1-5H2. The van der Waals surface area contributed by atoms with Gasteiger partial charge in [0.2, 0.25) is 5.91 Å². The zero-order valence-electron chi connectivity index (χ0n) is 18.7. The normalized spacial score (nSPS) is 12.3. The summed E-state index contributed by atoms with van der Waals surface area (Å²) in [6.07, 6.45) is 9.17. The molecule has 4 aromatic rings. The van der Waals surface area contributed by atoms with Crippen molar-refractivity contribution in [3.63, 3.8) is 0 Å². The average Bonchev–Trinajstić information content (AvgIpc) is 3.53. The van der Waals surface area contributed by atoms with Gasteiger partial charge < -0.3 is 16.5 Å². The Labute approximate surface area is 202 Å². The van der Waals surface area contributed by atoms with Crippen LogP contribution in [0.15, 0.2) is 77.7 Å². The number of hydrogen-bond donors (Lipinski definition) is 3. The molecule has 2 aromatic carbocycles. The number of benzene rings is 2. The van der Waals surface area contributed by atoms with E-state index in [9.17, 15) is 14.4 Å². The van der Waals surface area contributed by atoms with Gasteiger partial charge in [0.1, 0.15) is 5.69 Å². The number of aromatic amines is 1. The third-order valence-electron chi connectivity index (χ3n) is 5.35. The number of amides is 2. The van der Waals surface area contributed by atoms with Gasteiger partial charge in [-0.15, -0.1) is 0 Å². The van der Waals surface area contributed by atoms with E-state index >= 15 is 0 Å². The topological polar surface area (TPSA) is 124 Å². The second-order valence-electron chi connectivity index (χ2n) is 7.87. The molecule has 5 rings (SSSR count). The van der Waals surface area contributed by atoms with Crippen LogP contribution in [0.1, 0.15) is 53.0 Å². The number of aromatic nitrogens is 2. The van der Waals surface area contributed by atoms with Gasteiger partial charge in [0.15, 0.2) is 0 Å². The van der Waals surface area contributed by atoms with Crippen LogP contribution in [0.25, 0.3) is 16.6 Å². The van der Waals surface area contributed by atoms with Crippen LogP contribution in [-0.2, 0) is 0 Å². The van der Waals surface area contributed by atoms with Gasteiger partial charge >= 0.3 is 0 Å². The van der Waals surface area contributed by atoms with Crippen molar-refractivity contribution in [1.82, 2.24) is 9.55 Å². The molecule has 0 atom stereocenters. The molecule has 8 heteroatoms. The predicted octanol–water partition coefficient (Wildman–Crippen LogP) is 4.81. The number of halogens is 1. The van der Waals surface area contributed by atoms with Crippen LogP contribution in [0.4, 0.5) is 0 Å². The quantitative estimate of drug-likeness (QED) is 0.391. The summed E-state index contributed by atoms with van der Waals surface area (Å²) < 4.78 is 1.49. The van der Waals surface area contributed by atoms with Crippen molar-refractivity contribution in [3.8, 4) is 5.69 Å². The van der Waals surface area contributed by atoms with Gasteiger partial charge in [-0.2, -0.15) is 0 Å². The van der Waals surface area contributed by atoms with Crippen LogP contribution < -0.4 is 17.0 Å². The lowest BCUT2D eigenvalue weighted by Gasteiger charge is -2.04. The lowest BCUT2D eigenvalue weighted by molar-refractivity contribution is 0.0989. The molecule has 1 aliphatic rings. The second-order valence-corrected chi connectivity index (χ2v) is 8.30. The molecule has 7 nitrogen and oxygen atoms in total. The van der Waals surface area contributed by atoms with Crippen LogP contribution in [0.5, 0.6) is 0 Å². The van der Waals surface area contributed by atoms with E-state index in [4.69, 9.17) is 23.1 Å². The second kappa shape index (κ2) is 11.9. The van der Waals surface area contributed by atoms with Crippen molar-refractivity contribution in [2.24, 2.45) is 11.5 Å². The van der Waals surface area contributed by atoms with E-state index in [1.165, 1.54) is 42.7 Å². The molecule has 2 heterocycles. The van der Waals surface area contributed by atoms with Crippen LogP contribution in [0.2, 0.25) is 5.02 Å². The van der Waals surface area contributed by atoms with Crippen molar-refractivity contribution >= 4 is 34.3 Å². The average molecular weight is 479 g/mol. The summed E-state index contributed by atoms with van der Waals surface area (Å²) in [5, 5.41) is 1.53. The first-order valence-electron chi connectivity index (χ1n) is 11.0. The minimum atomic E-state index is -0.480. The number of pyridine rings is 1. The number of rotatable bonds is 3. The largest absolute Gasteiger partial charge is 0.366 e. The maximum Gasteiger partial charge on any atom is 0.265 e. The lowest BCUT2D eigenvalue weighted by atomic mass is 10.2. The Morgan fingerprint density at radius 2 is 1.47 bits per heavy atom. The molecular formula is C26H27ClN4O3. The smallest absolute Gasteiger partial charge is 0.265 e. The summed E-state index contributed by atoms with van der Waals surface area (Å²) in [5.41, 5.74) is 12.5. The number of nitrogens with one attached hydrogen (secondary N) is 1. The van der Waals surface area contributed by atoms with Crippen LogP contribution in [0, 0.1) is 0 Å². The number of carbonyl (C=O) groups is 2. The molecule has 0 aliphatic heterocycles. The molecule has 176 valence electrons. The molecule has 5 N–H and O–H groups in total. The highest BCUT2D eigenvalue weighted by Gasteiger charge is 2.05. The fourth-order valence-electron chi connectivity index (χ4n) is 3.55. The highest BCUT2D eigenvalue weighted by Crippen LogP contribution is 2.19. The first kappa shape index (κ1) is 24.8. The summed E-state index contributed by atoms with van der Waals surface area (Å²) >= 11 is 5.78. The Morgan fingerprint density at radius 3 is 2.03 bits per heavy atom. The van der Waals surface area contributed by atoms with Crippen molar-refractivity contribution in [3.05, 3.63) is 99.6 Å². The van der Waals surface area contributed by atoms with E-state index in [1.54, 1.807) is 60.8 Å². The van der Waals surface area contributed by atoms with E-state index in [0.717, 1.165) is 10.9 Å². The number of H-pyrrole nitrogens is 1. The molecule has 0 bridgehead atoms. The van der Waals surface area contributed by atoms with Gasteiger partial charge in [-0.25, -0.2) is 0 Å². The van der Waals surface area contributed by atoms with Crippen molar-refractivity contribution in [1.29, 1.82) is 0 Å². The summed E-state index contributed by atoms with van der Waals surface area (Å²) in [6, 6.07) is 18.5. The Kier molecular flexibility index (Phi) is 8.65. The Balaban J connectivity index is 0.000000161.